The molecule has 1 heterocycles. The Morgan fingerprint density at radius 1 is 1.53 bits per heavy atom. The molecule has 2 aromatic rings. The molecule has 7 nitrogen and oxygen atoms in total. The molecule has 0 saturated heterocycles. The summed E-state index contributed by atoms with van der Waals surface area (Å²) >= 11 is 5.72. The maximum Gasteiger partial charge on any atom is 0.300 e. The van der Waals surface area contributed by atoms with Crippen molar-refractivity contribution in [3.63, 3.8) is 0 Å². The molecule has 2 rings (SSSR count). The minimum absolute atomic E-state index is 0.103. The van der Waals surface area contributed by atoms with Crippen LogP contribution in [0.2, 0.25) is 5.02 Å². The van der Waals surface area contributed by atoms with E-state index in [2.05, 4.69) is 10.5 Å². The highest BCUT2D eigenvalue weighted by Crippen LogP contribution is 2.28. The molecule has 8 heteroatoms. The van der Waals surface area contributed by atoms with Gasteiger partial charge in [-0.25, -0.2) is 0 Å². The number of amides is 1. The van der Waals surface area contributed by atoms with Crippen LogP contribution in [0.4, 0.5) is 11.5 Å². The molecule has 19 heavy (non-hydrogen) atoms. The van der Waals surface area contributed by atoms with E-state index in [0.29, 0.717) is 5.76 Å². The van der Waals surface area contributed by atoms with Gasteiger partial charge in [0, 0.05) is 6.07 Å². The fourth-order valence-electron chi connectivity index (χ4n) is 1.49. The number of halogens is 1. The number of aryl methyl sites for hydroxylation is 1. The zero-order valence-electron chi connectivity index (χ0n) is 9.71. The van der Waals surface area contributed by atoms with Crippen LogP contribution in [0.15, 0.2) is 28.8 Å². The predicted molar refractivity (Wildman–Crippen MR) is 67.3 cm³/mol. The number of nitro benzene ring substituents is 1. The van der Waals surface area contributed by atoms with Crippen LogP contribution in [-0.4, -0.2) is 16.0 Å². The Morgan fingerprint density at radius 3 is 2.84 bits per heavy atom. The lowest BCUT2D eigenvalue weighted by Crippen LogP contribution is -2.14. The molecule has 1 aromatic heterocycles. The van der Waals surface area contributed by atoms with Crippen molar-refractivity contribution in [1.82, 2.24) is 5.16 Å². The number of carbonyl (C=O) groups excluding carboxylic acids is 1. The molecule has 0 bridgehead atoms. The van der Waals surface area contributed by atoms with Crippen LogP contribution in [-0.2, 0) is 0 Å². The number of carbonyl (C=O) groups is 1. The number of aromatic nitrogens is 1. The molecule has 0 saturated carbocycles. The van der Waals surface area contributed by atoms with Gasteiger partial charge in [0.2, 0.25) is 0 Å². The smallest absolute Gasteiger partial charge is 0.300 e. The third-order valence-electron chi connectivity index (χ3n) is 2.28. The summed E-state index contributed by atoms with van der Waals surface area (Å²) in [5, 5.41) is 16.8. The lowest BCUT2D eigenvalue weighted by molar-refractivity contribution is -0.385. The normalized spacial score (nSPS) is 10.2. The highest BCUT2D eigenvalue weighted by atomic mass is 35.5. The zero-order chi connectivity index (χ0) is 14.0. The number of hydrogen-bond acceptors (Lipinski definition) is 5. The van der Waals surface area contributed by atoms with Gasteiger partial charge in [0.15, 0.2) is 5.82 Å². The van der Waals surface area contributed by atoms with E-state index in [1.54, 1.807) is 6.92 Å². The summed E-state index contributed by atoms with van der Waals surface area (Å²) in [6, 6.07) is 5.61. The maximum atomic E-state index is 11.9. The van der Waals surface area contributed by atoms with E-state index in [1.807, 2.05) is 0 Å². The van der Waals surface area contributed by atoms with Crippen molar-refractivity contribution in [2.24, 2.45) is 0 Å². The molecule has 0 atom stereocenters. The summed E-state index contributed by atoms with van der Waals surface area (Å²) < 4.78 is 4.78. The van der Waals surface area contributed by atoms with Crippen LogP contribution in [0.1, 0.15) is 16.1 Å². The van der Waals surface area contributed by atoms with Gasteiger partial charge in [0.05, 0.1) is 4.92 Å². The fourth-order valence-corrected chi connectivity index (χ4v) is 1.74. The first kappa shape index (κ1) is 13.0. The molecule has 0 spiro atoms. The van der Waals surface area contributed by atoms with Gasteiger partial charge in [-0.3, -0.25) is 14.9 Å². The Bertz CT molecular complexity index is 653. The number of nitro groups is 1. The highest BCUT2D eigenvalue weighted by molar-refractivity contribution is 6.33. The van der Waals surface area contributed by atoms with Crippen LogP contribution >= 0.6 is 11.6 Å². The molecule has 0 aliphatic rings. The second kappa shape index (κ2) is 5.07. The molecular formula is C11H8ClN3O4. The number of nitrogens with zero attached hydrogens (tertiary/aromatic N) is 2. The highest BCUT2D eigenvalue weighted by Gasteiger charge is 2.24. The van der Waals surface area contributed by atoms with Gasteiger partial charge in [-0.1, -0.05) is 22.8 Å². The average molecular weight is 282 g/mol. The standard InChI is InChI=1S/C11H8ClN3O4/c1-6-5-9(14-19-6)13-11(16)7-3-2-4-8(12)10(7)15(17)18/h2-5H,1H3,(H,13,14,16). The molecule has 98 valence electrons. The second-order valence-corrected chi connectivity index (χ2v) is 4.08. The van der Waals surface area contributed by atoms with E-state index in [1.165, 1.54) is 24.3 Å². The minimum Gasteiger partial charge on any atom is -0.360 e. The van der Waals surface area contributed by atoms with E-state index in [0.717, 1.165) is 0 Å². The molecule has 0 radical (unpaired) electrons. The summed E-state index contributed by atoms with van der Waals surface area (Å²) in [5.41, 5.74) is -0.583. The summed E-state index contributed by atoms with van der Waals surface area (Å²) in [6.07, 6.45) is 0. The predicted octanol–water partition coefficient (Wildman–Crippen LogP) is 2.80. The first-order valence-corrected chi connectivity index (χ1v) is 5.54. The molecular weight excluding hydrogens is 274 g/mol. The average Bonchev–Trinajstić information content (AvgIpc) is 2.73. The van der Waals surface area contributed by atoms with Crippen LogP contribution in [0.3, 0.4) is 0 Å². The largest absolute Gasteiger partial charge is 0.360 e. The summed E-state index contributed by atoms with van der Waals surface area (Å²) in [5.74, 6) is 0.00941. The Hall–Kier alpha value is -2.41. The first-order valence-electron chi connectivity index (χ1n) is 5.16. The Labute approximate surface area is 112 Å². The van der Waals surface area contributed by atoms with Crippen molar-refractivity contribution in [3.05, 3.63) is 50.7 Å². The van der Waals surface area contributed by atoms with Gasteiger partial charge in [0.25, 0.3) is 5.91 Å². The van der Waals surface area contributed by atoms with Gasteiger partial charge >= 0.3 is 5.69 Å². The van der Waals surface area contributed by atoms with Crippen molar-refractivity contribution < 1.29 is 14.2 Å². The van der Waals surface area contributed by atoms with Gasteiger partial charge in [-0.05, 0) is 19.1 Å². The number of rotatable bonds is 3. The van der Waals surface area contributed by atoms with Crippen LogP contribution in [0, 0.1) is 17.0 Å². The van der Waals surface area contributed by atoms with Gasteiger partial charge in [-0.2, -0.15) is 0 Å². The molecule has 0 unspecified atom stereocenters. The Kier molecular flexibility index (Phi) is 3.48. The first-order chi connectivity index (χ1) is 8.99. The third kappa shape index (κ3) is 2.71. The zero-order valence-corrected chi connectivity index (χ0v) is 10.5. The van der Waals surface area contributed by atoms with Gasteiger partial charge in [0.1, 0.15) is 16.3 Å². The van der Waals surface area contributed by atoms with Crippen LogP contribution in [0.25, 0.3) is 0 Å². The minimum atomic E-state index is -0.703. The molecule has 1 aromatic carbocycles. The number of anilines is 1. The van der Waals surface area contributed by atoms with Crippen molar-refractivity contribution in [3.8, 4) is 0 Å². The third-order valence-corrected chi connectivity index (χ3v) is 2.59. The quantitative estimate of drug-likeness (QED) is 0.689. The lowest BCUT2D eigenvalue weighted by atomic mass is 10.1. The Balaban J connectivity index is 2.34. The van der Waals surface area contributed by atoms with Crippen LogP contribution in [0.5, 0.6) is 0 Å². The topological polar surface area (TPSA) is 98.3 Å². The van der Waals surface area contributed by atoms with E-state index in [-0.39, 0.29) is 16.4 Å². The second-order valence-electron chi connectivity index (χ2n) is 3.67. The molecule has 1 N–H and O–H groups in total. The molecule has 0 aliphatic heterocycles. The molecule has 1 amide bonds. The van der Waals surface area contributed by atoms with E-state index in [9.17, 15) is 14.9 Å². The van der Waals surface area contributed by atoms with Crippen molar-refractivity contribution in [2.75, 3.05) is 5.32 Å². The van der Waals surface area contributed by atoms with Gasteiger partial charge in [-0.15, -0.1) is 0 Å². The SMILES string of the molecule is Cc1cc(NC(=O)c2cccc(Cl)c2[N+](=O)[O-])no1. The van der Waals surface area contributed by atoms with Crippen molar-refractivity contribution in [2.45, 2.75) is 6.92 Å². The molecule has 0 fully saturated rings. The monoisotopic (exact) mass is 281 g/mol. The number of hydrogen-bond donors (Lipinski definition) is 1. The van der Waals surface area contributed by atoms with Crippen molar-refractivity contribution in [1.29, 1.82) is 0 Å². The van der Waals surface area contributed by atoms with E-state index >= 15 is 0 Å². The number of benzene rings is 1. The fraction of sp³-hybridized carbons (Fsp3) is 0.0909. The van der Waals surface area contributed by atoms with Crippen LogP contribution < -0.4 is 5.32 Å². The lowest BCUT2D eigenvalue weighted by Gasteiger charge is -2.03. The van der Waals surface area contributed by atoms with E-state index < -0.39 is 16.5 Å². The van der Waals surface area contributed by atoms with E-state index in [4.69, 9.17) is 16.1 Å². The summed E-state index contributed by atoms with van der Waals surface area (Å²) in [7, 11) is 0. The van der Waals surface area contributed by atoms with Gasteiger partial charge < -0.3 is 9.84 Å². The number of para-hydroxylation sites is 1. The maximum absolute atomic E-state index is 11.9. The Morgan fingerprint density at radius 2 is 2.26 bits per heavy atom. The number of nitrogens with one attached hydrogen (secondary N) is 1. The molecule has 0 aliphatic carbocycles. The van der Waals surface area contributed by atoms with Crippen molar-refractivity contribution >= 4 is 29.0 Å². The summed E-state index contributed by atoms with van der Waals surface area (Å²) in [6.45, 7) is 1.66. The summed E-state index contributed by atoms with van der Waals surface area (Å²) in [4.78, 5) is 22.2.